The van der Waals surface area contributed by atoms with Crippen LogP contribution in [0.4, 0.5) is 4.39 Å². The third-order valence-electron chi connectivity index (χ3n) is 5.11. The zero-order valence-corrected chi connectivity index (χ0v) is 20.5. The Morgan fingerprint density at radius 3 is 2.40 bits per heavy atom. The normalized spacial score (nSPS) is 13.3. The molecule has 2 atom stereocenters. The van der Waals surface area contributed by atoms with Gasteiger partial charge in [-0.25, -0.2) is 14.4 Å². The van der Waals surface area contributed by atoms with Crippen molar-refractivity contribution < 1.29 is 28.5 Å². The van der Waals surface area contributed by atoms with Crippen LogP contribution in [0.25, 0.3) is 28.7 Å². The van der Waals surface area contributed by atoms with E-state index < -0.39 is 26.5 Å². The van der Waals surface area contributed by atoms with Crippen LogP contribution in [0.15, 0.2) is 60.7 Å². The fourth-order valence-corrected chi connectivity index (χ4v) is 4.40. The lowest BCUT2D eigenvalue weighted by Crippen LogP contribution is -2.15. The summed E-state index contributed by atoms with van der Waals surface area (Å²) in [7, 11) is -2.61. The molecule has 2 aromatic carbocycles. The molecule has 0 fully saturated rings. The first-order valence-corrected chi connectivity index (χ1v) is 12.7. The third kappa shape index (κ3) is 7.65. The molecule has 184 valence electrons. The van der Waals surface area contributed by atoms with Gasteiger partial charge in [0.05, 0.1) is 30.5 Å². The van der Waals surface area contributed by atoms with Crippen LogP contribution in [-0.2, 0) is 13.9 Å². The summed E-state index contributed by atoms with van der Waals surface area (Å²) in [6, 6.07) is 15.6. The number of carboxylic acids is 1. The molecule has 9 heteroatoms. The molecule has 0 aliphatic carbocycles. The molecule has 3 aromatic rings. The van der Waals surface area contributed by atoms with Crippen molar-refractivity contribution in [2.45, 2.75) is 32.3 Å². The minimum atomic E-state index is -2.61. The summed E-state index contributed by atoms with van der Waals surface area (Å²) in [6.45, 7) is 4.03. The number of hydrogen-bond donors (Lipinski definition) is 2. The number of benzene rings is 2. The molecule has 35 heavy (non-hydrogen) atoms. The summed E-state index contributed by atoms with van der Waals surface area (Å²) in [6.07, 6.45) is 1.52. The number of aliphatic hydroxyl groups excluding tert-OH is 1. The fourth-order valence-electron chi connectivity index (χ4n) is 3.47. The summed E-state index contributed by atoms with van der Waals surface area (Å²) in [5.41, 5.74) is 3.73. The lowest BCUT2D eigenvalue weighted by atomic mass is 9.97. The van der Waals surface area contributed by atoms with Gasteiger partial charge in [-0.05, 0) is 30.2 Å². The molecule has 1 aromatic heterocycles. The molecule has 0 saturated heterocycles. The first-order valence-electron chi connectivity index (χ1n) is 11.2. The molecule has 0 spiro atoms. The van der Waals surface area contributed by atoms with Crippen LogP contribution in [0.5, 0.6) is 0 Å². The average Bonchev–Trinajstić information content (AvgIpc) is 2.82. The number of hydrogen-bond acceptors (Lipinski definition) is 6. The second-order valence-electron chi connectivity index (χ2n) is 8.26. The highest BCUT2D eigenvalue weighted by molar-refractivity contribution is 7.39. The van der Waals surface area contributed by atoms with Crippen molar-refractivity contribution in [1.82, 2.24) is 9.97 Å². The van der Waals surface area contributed by atoms with Gasteiger partial charge in [0.25, 0.3) is 0 Å². The molecular weight excluding hydrogens is 470 g/mol. The van der Waals surface area contributed by atoms with E-state index in [0.717, 1.165) is 22.4 Å². The zero-order chi connectivity index (χ0) is 25.4. The van der Waals surface area contributed by atoms with Crippen LogP contribution in [0, 0.1) is 5.82 Å². The molecule has 0 aliphatic heterocycles. The van der Waals surface area contributed by atoms with Crippen molar-refractivity contribution >= 4 is 20.1 Å². The van der Waals surface area contributed by atoms with Gasteiger partial charge < -0.3 is 14.7 Å². The number of carboxylic acid groups (broad SMARTS) is 1. The largest absolute Gasteiger partial charge is 0.481 e. The fraction of sp³-hybridized carbons (Fsp3) is 0.269. The van der Waals surface area contributed by atoms with Gasteiger partial charge in [0.15, 0.2) is 13.9 Å². The van der Waals surface area contributed by atoms with Gasteiger partial charge in [0, 0.05) is 22.9 Å². The number of aliphatic hydroxyl groups is 1. The van der Waals surface area contributed by atoms with Crippen molar-refractivity contribution in [3.8, 4) is 22.6 Å². The molecule has 2 N–H and O–H groups in total. The first-order chi connectivity index (χ1) is 16.7. The third-order valence-corrected chi connectivity index (χ3v) is 6.40. The Balaban J connectivity index is 1.92. The number of nitrogens with zero attached hydrogens (tertiary/aromatic N) is 2. The Morgan fingerprint density at radius 2 is 1.77 bits per heavy atom. The SMILES string of the molecule is CC(C)c1nc(-c2ccccc2)nc(-c2ccc(F)cc2)c1C=CCO[PH](=O)CC(O)CC(=O)O. The maximum Gasteiger partial charge on any atom is 0.305 e. The number of carbonyl (C=O) groups is 1. The summed E-state index contributed by atoms with van der Waals surface area (Å²) >= 11 is 0. The lowest BCUT2D eigenvalue weighted by molar-refractivity contribution is -0.138. The van der Waals surface area contributed by atoms with Crippen LogP contribution in [0.2, 0.25) is 0 Å². The molecule has 0 aliphatic rings. The van der Waals surface area contributed by atoms with Crippen molar-refractivity contribution in [3.05, 3.63) is 77.7 Å². The van der Waals surface area contributed by atoms with E-state index >= 15 is 0 Å². The van der Waals surface area contributed by atoms with E-state index in [2.05, 4.69) is 0 Å². The highest BCUT2D eigenvalue weighted by Crippen LogP contribution is 2.32. The van der Waals surface area contributed by atoms with Crippen molar-refractivity contribution in [2.75, 3.05) is 12.8 Å². The van der Waals surface area contributed by atoms with Crippen molar-refractivity contribution in [3.63, 3.8) is 0 Å². The molecule has 0 bridgehead atoms. The highest BCUT2D eigenvalue weighted by Gasteiger charge is 2.18. The minimum Gasteiger partial charge on any atom is -0.481 e. The van der Waals surface area contributed by atoms with Gasteiger partial charge >= 0.3 is 5.97 Å². The van der Waals surface area contributed by atoms with Crippen molar-refractivity contribution in [2.24, 2.45) is 0 Å². The summed E-state index contributed by atoms with van der Waals surface area (Å²) in [5.74, 6) is -0.915. The van der Waals surface area contributed by atoms with Gasteiger partial charge in [0.2, 0.25) is 0 Å². The smallest absolute Gasteiger partial charge is 0.305 e. The first kappa shape index (κ1) is 26.4. The molecule has 1 heterocycles. The monoisotopic (exact) mass is 498 g/mol. The van der Waals surface area contributed by atoms with E-state index in [1.807, 2.05) is 44.2 Å². The second-order valence-corrected chi connectivity index (χ2v) is 9.70. The van der Waals surface area contributed by atoms with Gasteiger partial charge in [-0.1, -0.05) is 56.3 Å². The molecule has 3 rings (SSSR count). The van der Waals surface area contributed by atoms with Gasteiger partial charge in [-0.15, -0.1) is 0 Å². The number of rotatable bonds is 11. The summed E-state index contributed by atoms with van der Waals surface area (Å²) in [4.78, 5) is 20.2. The molecular formula is C26H28FN2O5P. The maximum atomic E-state index is 13.6. The number of aliphatic carboxylic acids is 1. The predicted molar refractivity (Wildman–Crippen MR) is 134 cm³/mol. The van der Waals surface area contributed by atoms with Crippen LogP contribution >= 0.6 is 8.03 Å². The van der Waals surface area contributed by atoms with E-state index in [4.69, 9.17) is 19.6 Å². The molecule has 7 nitrogen and oxygen atoms in total. The quantitative estimate of drug-likeness (QED) is 0.340. The van der Waals surface area contributed by atoms with E-state index in [-0.39, 0.29) is 24.5 Å². The summed E-state index contributed by atoms with van der Waals surface area (Å²) < 4.78 is 30.9. The topological polar surface area (TPSA) is 110 Å². The molecule has 2 unspecified atom stereocenters. The minimum absolute atomic E-state index is 0.00157. The van der Waals surface area contributed by atoms with Gasteiger partial charge in [-0.2, -0.15) is 0 Å². The standard InChI is InChI=1S/C26H28FN2O5P/c1-17(2)24-22(9-6-14-34-35(33)16-21(30)15-23(31)32)25(18-10-12-20(27)13-11-18)29-26(28-24)19-7-4-3-5-8-19/h3-13,17,21,30,35H,14-16H2,1-2H3,(H,31,32). The lowest BCUT2D eigenvalue weighted by Gasteiger charge is -2.16. The van der Waals surface area contributed by atoms with E-state index in [0.29, 0.717) is 11.5 Å². The van der Waals surface area contributed by atoms with Crippen molar-refractivity contribution in [1.29, 1.82) is 0 Å². The van der Waals surface area contributed by atoms with E-state index in [1.54, 1.807) is 24.3 Å². The molecule has 0 radical (unpaired) electrons. The highest BCUT2D eigenvalue weighted by atomic mass is 31.1. The average molecular weight is 498 g/mol. The zero-order valence-electron chi connectivity index (χ0n) is 19.5. The predicted octanol–water partition coefficient (Wildman–Crippen LogP) is 5.41. The molecule has 0 saturated carbocycles. The molecule has 0 amide bonds. The Bertz CT molecular complexity index is 1200. The Morgan fingerprint density at radius 1 is 1.09 bits per heavy atom. The van der Waals surface area contributed by atoms with E-state index in [9.17, 15) is 18.9 Å². The Kier molecular flexibility index (Phi) is 9.43. The maximum absolute atomic E-state index is 13.6. The van der Waals surface area contributed by atoms with Gasteiger partial charge in [-0.3, -0.25) is 9.36 Å². The van der Waals surface area contributed by atoms with E-state index in [1.165, 1.54) is 12.1 Å². The van der Waals surface area contributed by atoms with Crippen LogP contribution in [0.3, 0.4) is 0 Å². The number of aromatic nitrogens is 2. The summed E-state index contributed by atoms with van der Waals surface area (Å²) in [5, 5.41) is 18.3. The Labute approximate surface area is 204 Å². The van der Waals surface area contributed by atoms with Gasteiger partial charge in [0.1, 0.15) is 5.82 Å². The second kappa shape index (κ2) is 12.5. The van der Waals surface area contributed by atoms with Crippen LogP contribution < -0.4 is 0 Å². The van der Waals surface area contributed by atoms with Crippen LogP contribution in [-0.4, -0.2) is 45.0 Å². The van der Waals surface area contributed by atoms with Crippen LogP contribution in [0.1, 0.15) is 37.4 Å². The Hall–Kier alpha value is -3.19. The number of halogens is 1.